The van der Waals surface area contributed by atoms with E-state index in [1.54, 1.807) is 0 Å². The second-order valence-corrected chi connectivity index (χ2v) is 6.22. The third-order valence-corrected chi connectivity index (χ3v) is 5.05. The molecule has 2 fully saturated rings. The van der Waals surface area contributed by atoms with Gasteiger partial charge in [-0.05, 0) is 45.1 Å². The molecule has 4 nitrogen and oxygen atoms in total. The predicted octanol–water partition coefficient (Wildman–Crippen LogP) is 1.63. The van der Waals surface area contributed by atoms with Gasteiger partial charge < -0.3 is 15.2 Å². The molecule has 0 aliphatic carbocycles. The number of nitrogens with zero attached hydrogens (tertiary/aromatic N) is 1. The van der Waals surface area contributed by atoms with E-state index in [0.29, 0.717) is 6.10 Å². The summed E-state index contributed by atoms with van der Waals surface area (Å²) in [6.45, 7) is 6.80. The summed E-state index contributed by atoms with van der Waals surface area (Å²) in [5.41, 5.74) is 6.29. The number of ether oxygens (including phenoxy) is 2. The lowest BCUT2D eigenvalue weighted by molar-refractivity contribution is -0.0716. The van der Waals surface area contributed by atoms with Gasteiger partial charge in [0.25, 0.3) is 0 Å². The standard InChI is InChI=1S/C15H30N2O2/c1-3-14-10-15(12-16,6-9-19-14)17(2)11-13-4-7-18-8-5-13/h13-14H,3-12,16H2,1-2H3. The van der Waals surface area contributed by atoms with Crippen molar-refractivity contribution in [2.75, 3.05) is 40.0 Å². The lowest BCUT2D eigenvalue weighted by atomic mass is 9.83. The van der Waals surface area contributed by atoms with Gasteiger partial charge in [-0.1, -0.05) is 6.92 Å². The van der Waals surface area contributed by atoms with Gasteiger partial charge in [-0.25, -0.2) is 0 Å². The first-order valence-electron chi connectivity index (χ1n) is 7.81. The van der Waals surface area contributed by atoms with Crippen molar-refractivity contribution in [1.82, 2.24) is 4.90 Å². The Bertz CT molecular complexity index is 269. The zero-order valence-corrected chi connectivity index (χ0v) is 12.6. The molecule has 2 saturated heterocycles. The zero-order chi connectivity index (χ0) is 13.7. The fraction of sp³-hybridized carbons (Fsp3) is 1.00. The average molecular weight is 270 g/mol. The molecule has 2 heterocycles. The molecule has 2 aliphatic heterocycles. The quantitative estimate of drug-likeness (QED) is 0.825. The Kier molecular flexibility index (Phi) is 5.63. The first-order valence-corrected chi connectivity index (χ1v) is 7.81. The molecule has 4 heteroatoms. The van der Waals surface area contributed by atoms with E-state index in [-0.39, 0.29) is 5.54 Å². The van der Waals surface area contributed by atoms with Crippen molar-refractivity contribution >= 4 is 0 Å². The molecule has 112 valence electrons. The Labute approximate surface area is 117 Å². The molecular formula is C15H30N2O2. The highest BCUT2D eigenvalue weighted by molar-refractivity contribution is 4.95. The van der Waals surface area contributed by atoms with Gasteiger partial charge in [-0.15, -0.1) is 0 Å². The van der Waals surface area contributed by atoms with Gasteiger partial charge in [0.1, 0.15) is 0 Å². The highest BCUT2D eigenvalue weighted by Crippen LogP contribution is 2.32. The molecular weight excluding hydrogens is 240 g/mol. The molecule has 0 bridgehead atoms. The summed E-state index contributed by atoms with van der Waals surface area (Å²) in [5.74, 6) is 0.769. The Hall–Kier alpha value is -0.160. The molecule has 2 unspecified atom stereocenters. The maximum Gasteiger partial charge on any atom is 0.0590 e. The monoisotopic (exact) mass is 270 g/mol. The molecule has 2 atom stereocenters. The number of hydrogen-bond donors (Lipinski definition) is 1. The summed E-state index contributed by atoms with van der Waals surface area (Å²) in [5, 5.41) is 0. The SMILES string of the molecule is CCC1CC(CN)(N(C)CC2CCOCC2)CCO1. The molecule has 2 N–H and O–H groups in total. The van der Waals surface area contributed by atoms with E-state index in [1.165, 1.54) is 12.8 Å². The summed E-state index contributed by atoms with van der Waals surface area (Å²) in [6.07, 6.45) is 6.01. The molecule has 0 spiro atoms. The fourth-order valence-corrected chi connectivity index (χ4v) is 3.46. The van der Waals surface area contributed by atoms with Gasteiger partial charge in [-0.3, -0.25) is 4.90 Å². The van der Waals surface area contributed by atoms with E-state index in [2.05, 4.69) is 18.9 Å². The van der Waals surface area contributed by atoms with Crippen LogP contribution in [0.25, 0.3) is 0 Å². The van der Waals surface area contributed by atoms with Crippen molar-refractivity contribution in [3.8, 4) is 0 Å². The third-order valence-electron chi connectivity index (χ3n) is 5.05. The molecule has 0 saturated carbocycles. The van der Waals surface area contributed by atoms with Crippen LogP contribution in [-0.4, -0.2) is 56.5 Å². The van der Waals surface area contributed by atoms with Crippen LogP contribution >= 0.6 is 0 Å². The van der Waals surface area contributed by atoms with E-state index in [9.17, 15) is 0 Å². The van der Waals surface area contributed by atoms with Crippen LogP contribution in [0.1, 0.15) is 39.0 Å². The molecule has 19 heavy (non-hydrogen) atoms. The largest absolute Gasteiger partial charge is 0.381 e. The second kappa shape index (κ2) is 7.02. The summed E-state index contributed by atoms with van der Waals surface area (Å²) >= 11 is 0. The van der Waals surface area contributed by atoms with Crippen LogP contribution in [0, 0.1) is 5.92 Å². The summed E-state index contributed by atoms with van der Waals surface area (Å²) in [4.78, 5) is 2.52. The van der Waals surface area contributed by atoms with E-state index in [1.807, 2.05) is 0 Å². The van der Waals surface area contributed by atoms with Crippen LogP contribution in [0.4, 0.5) is 0 Å². The molecule has 0 amide bonds. The molecule has 0 aromatic rings. The predicted molar refractivity (Wildman–Crippen MR) is 77.2 cm³/mol. The van der Waals surface area contributed by atoms with Crippen molar-refractivity contribution < 1.29 is 9.47 Å². The van der Waals surface area contributed by atoms with Gasteiger partial charge in [0.15, 0.2) is 0 Å². The molecule has 0 aromatic heterocycles. The van der Waals surface area contributed by atoms with Crippen molar-refractivity contribution in [2.24, 2.45) is 11.7 Å². The van der Waals surface area contributed by atoms with Crippen molar-refractivity contribution in [2.45, 2.75) is 50.7 Å². The van der Waals surface area contributed by atoms with Gasteiger partial charge >= 0.3 is 0 Å². The minimum absolute atomic E-state index is 0.150. The normalized spacial score (nSPS) is 33.8. The minimum atomic E-state index is 0.150. The van der Waals surface area contributed by atoms with Gasteiger partial charge in [0, 0.05) is 38.4 Å². The van der Waals surface area contributed by atoms with Crippen molar-refractivity contribution in [3.63, 3.8) is 0 Å². The number of hydrogen-bond acceptors (Lipinski definition) is 4. The average Bonchev–Trinajstić information content (AvgIpc) is 2.48. The van der Waals surface area contributed by atoms with Crippen LogP contribution in [0.2, 0.25) is 0 Å². The third kappa shape index (κ3) is 3.69. The van der Waals surface area contributed by atoms with E-state index in [0.717, 1.165) is 58.1 Å². The summed E-state index contributed by atoms with van der Waals surface area (Å²) < 4.78 is 11.3. The van der Waals surface area contributed by atoms with Crippen molar-refractivity contribution in [3.05, 3.63) is 0 Å². The van der Waals surface area contributed by atoms with Gasteiger partial charge in [-0.2, -0.15) is 0 Å². The van der Waals surface area contributed by atoms with Crippen LogP contribution in [0.5, 0.6) is 0 Å². The maximum atomic E-state index is 6.14. The van der Waals surface area contributed by atoms with Crippen LogP contribution in [0.3, 0.4) is 0 Å². The first-order chi connectivity index (χ1) is 9.20. The minimum Gasteiger partial charge on any atom is -0.381 e. The summed E-state index contributed by atoms with van der Waals surface area (Å²) in [7, 11) is 2.25. The van der Waals surface area contributed by atoms with E-state index in [4.69, 9.17) is 15.2 Å². The molecule has 0 aromatic carbocycles. The van der Waals surface area contributed by atoms with E-state index >= 15 is 0 Å². The van der Waals surface area contributed by atoms with Crippen LogP contribution in [0.15, 0.2) is 0 Å². The lowest BCUT2D eigenvalue weighted by Crippen LogP contribution is -2.58. The van der Waals surface area contributed by atoms with Crippen LogP contribution < -0.4 is 5.73 Å². The smallest absolute Gasteiger partial charge is 0.0590 e. The van der Waals surface area contributed by atoms with Gasteiger partial charge in [0.05, 0.1) is 6.10 Å². The number of likely N-dealkylation sites (N-methyl/N-ethyl adjacent to an activating group) is 1. The zero-order valence-electron chi connectivity index (χ0n) is 12.6. The lowest BCUT2D eigenvalue weighted by Gasteiger charge is -2.47. The van der Waals surface area contributed by atoms with Gasteiger partial charge in [0.2, 0.25) is 0 Å². The Morgan fingerprint density at radius 2 is 2.00 bits per heavy atom. The number of rotatable bonds is 5. The Morgan fingerprint density at radius 3 is 2.63 bits per heavy atom. The fourth-order valence-electron chi connectivity index (χ4n) is 3.46. The highest BCUT2D eigenvalue weighted by Gasteiger charge is 2.39. The van der Waals surface area contributed by atoms with Crippen molar-refractivity contribution in [1.29, 1.82) is 0 Å². The van der Waals surface area contributed by atoms with E-state index < -0.39 is 0 Å². The topological polar surface area (TPSA) is 47.7 Å². The number of nitrogens with two attached hydrogens (primary N) is 1. The first kappa shape index (κ1) is 15.2. The second-order valence-electron chi connectivity index (χ2n) is 6.22. The summed E-state index contributed by atoms with van der Waals surface area (Å²) in [6, 6.07) is 0. The Balaban J connectivity index is 1.94. The molecule has 2 rings (SSSR count). The Morgan fingerprint density at radius 1 is 1.26 bits per heavy atom. The maximum absolute atomic E-state index is 6.14. The molecule has 0 radical (unpaired) electrons. The molecule has 2 aliphatic rings. The highest BCUT2D eigenvalue weighted by atomic mass is 16.5. The van der Waals surface area contributed by atoms with Crippen LogP contribution in [-0.2, 0) is 9.47 Å².